The van der Waals surface area contributed by atoms with E-state index in [1.54, 1.807) is 10.6 Å². The fraction of sp³-hybridized carbons (Fsp3) is 0.278. The summed E-state index contributed by atoms with van der Waals surface area (Å²) in [6.07, 6.45) is 0.361. The highest BCUT2D eigenvalue weighted by molar-refractivity contribution is 6.31. The van der Waals surface area contributed by atoms with E-state index in [2.05, 4.69) is 9.97 Å². The number of ether oxygens (including phenoxy) is 1. The fourth-order valence-electron chi connectivity index (χ4n) is 3.48. The van der Waals surface area contributed by atoms with Gasteiger partial charge in [-0.1, -0.05) is 23.7 Å². The summed E-state index contributed by atoms with van der Waals surface area (Å²) < 4.78 is 7.21. The molecule has 27 heavy (non-hydrogen) atoms. The van der Waals surface area contributed by atoms with Crippen LogP contribution < -0.4 is 5.56 Å². The number of carbonyl (C=O) groups is 1. The lowest BCUT2D eigenvalue weighted by molar-refractivity contribution is -0.0329. The first kappa shape index (κ1) is 17.6. The van der Waals surface area contributed by atoms with Gasteiger partial charge in [0.05, 0.1) is 37.0 Å². The average molecular weight is 389 g/mol. The van der Waals surface area contributed by atoms with Crippen LogP contribution in [0, 0.1) is 0 Å². The zero-order chi connectivity index (χ0) is 19.1. The lowest BCUT2D eigenvalue weighted by Gasteiger charge is -2.38. The SMILES string of the molecule is C[C@@H]1COC[C@H](c2ccc(-n3c(Cl)cc4c(=O)[nH]cnc43)cc2)N1C(=O)O. The molecule has 8 nitrogen and oxygen atoms in total. The summed E-state index contributed by atoms with van der Waals surface area (Å²) in [5, 5.41) is 10.3. The molecule has 140 valence electrons. The number of benzene rings is 1. The molecule has 1 aromatic carbocycles. The number of H-pyrrole nitrogens is 1. The van der Waals surface area contributed by atoms with E-state index < -0.39 is 6.09 Å². The molecule has 1 saturated heterocycles. The van der Waals surface area contributed by atoms with Crippen LogP contribution in [0.15, 0.2) is 41.5 Å². The maximum Gasteiger partial charge on any atom is 0.408 e. The predicted molar refractivity (Wildman–Crippen MR) is 99.6 cm³/mol. The number of aromatic amines is 1. The highest BCUT2D eigenvalue weighted by Gasteiger charge is 2.33. The molecule has 0 radical (unpaired) electrons. The van der Waals surface area contributed by atoms with E-state index in [-0.39, 0.29) is 17.6 Å². The van der Waals surface area contributed by atoms with Crippen molar-refractivity contribution in [2.75, 3.05) is 13.2 Å². The molecule has 3 aromatic rings. The number of fused-ring (bicyclic) bond motifs is 1. The molecule has 0 bridgehead atoms. The number of rotatable bonds is 2. The third-order valence-electron chi connectivity index (χ3n) is 4.76. The molecule has 0 saturated carbocycles. The Morgan fingerprint density at radius 2 is 2.07 bits per heavy atom. The van der Waals surface area contributed by atoms with Gasteiger partial charge in [-0.2, -0.15) is 0 Å². The minimum atomic E-state index is -0.970. The summed E-state index contributed by atoms with van der Waals surface area (Å²) in [4.78, 5) is 31.7. The minimum Gasteiger partial charge on any atom is -0.465 e. The maximum atomic E-state index is 11.9. The average Bonchev–Trinajstić information content (AvgIpc) is 2.99. The molecule has 1 aliphatic heterocycles. The summed E-state index contributed by atoms with van der Waals surface area (Å²) >= 11 is 6.31. The van der Waals surface area contributed by atoms with Gasteiger partial charge in [0.1, 0.15) is 5.15 Å². The smallest absolute Gasteiger partial charge is 0.408 e. The van der Waals surface area contributed by atoms with Crippen molar-refractivity contribution in [2.45, 2.75) is 19.0 Å². The monoisotopic (exact) mass is 388 g/mol. The standard InChI is InChI=1S/C18H17ClN4O4/c1-10-7-27-8-14(22(10)18(25)26)11-2-4-12(5-3-11)23-15(19)6-13-16(23)20-9-21-17(13)24/h2-6,9-10,14H,7-8H2,1H3,(H,25,26)(H,20,21,24)/t10-,14-/m1/s1. The van der Waals surface area contributed by atoms with Gasteiger partial charge < -0.3 is 14.8 Å². The molecule has 2 atom stereocenters. The Balaban J connectivity index is 1.73. The van der Waals surface area contributed by atoms with Crippen molar-refractivity contribution in [2.24, 2.45) is 0 Å². The normalized spacial score (nSPS) is 20.1. The van der Waals surface area contributed by atoms with Crippen molar-refractivity contribution in [3.63, 3.8) is 0 Å². The lowest BCUT2D eigenvalue weighted by atomic mass is 10.0. The van der Waals surface area contributed by atoms with Gasteiger partial charge in [-0.05, 0) is 30.7 Å². The van der Waals surface area contributed by atoms with Crippen LogP contribution in [0.1, 0.15) is 18.5 Å². The molecule has 9 heteroatoms. The number of aromatic nitrogens is 3. The number of carboxylic acid groups (broad SMARTS) is 1. The van der Waals surface area contributed by atoms with Crippen LogP contribution in [-0.4, -0.2) is 49.9 Å². The molecule has 1 aliphatic rings. The van der Waals surface area contributed by atoms with Gasteiger partial charge >= 0.3 is 6.09 Å². The lowest BCUT2D eigenvalue weighted by Crippen LogP contribution is -2.48. The third-order valence-corrected chi connectivity index (χ3v) is 5.04. The Labute approximate surface area is 159 Å². The first-order valence-electron chi connectivity index (χ1n) is 8.41. The molecular weight excluding hydrogens is 372 g/mol. The molecular formula is C18H17ClN4O4. The second-order valence-electron chi connectivity index (χ2n) is 6.46. The highest BCUT2D eigenvalue weighted by Crippen LogP contribution is 2.30. The molecule has 2 aromatic heterocycles. The van der Waals surface area contributed by atoms with Crippen molar-refractivity contribution >= 4 is 28.7 Å². The van der Waals surface area contributed by atoms with Crippen LogP contribution in [0.2, 0.25) is 5.15 Å². The molecule has 2 N–H and O–H groups in total. The number of hydrogen-bond donors (Lipinski definition) is 2. The van der Waals surface area contributed by atoms with Crippen LogP contribution in [0.3, 0.4) is 0 Å². The van der Waals surface area contributed by atoms with E-state index in [1.807, 2.05) is 31.2 Å². The summed E-state index contributed by atoms with van der Waals surface area (Å²) in [6, 6.07) is 8.29. The van der Waals surface area contributed by atoms with Crippen LogP contribution in [0.5, 0.6) is 0 Å². The van der Waals surface area contributed by atoms with Crippen molar-refractivity contribution in [1.82, 2.24) is 19.4 Å². The van der Waals surface area contributed by atoms with Gasteiger partial charge in [0.15, 0.2) is 5.65 Å². The van der Waals surface area contributed by atoms with Crippen LogP contribution >= 0.6 is 11.6 Å². The molecule has 0 unspecified atom stereocenters. The van der Waals surface area contributed by atoms with E-state index in [4.69, 9.17) is 16.3 Å². The minimum absolute atomic E-state index is 0.223. The molecule has 1 fully saturated rings. The van der Waals surface area contributed by atoms with Crippen LogP contribution in [0.25, 0.3) is 16.7 Å². The maximum absolute atomic E-state index is 11.9. The number of morpholine rings is 1. The number of nitrogens with one attached hydrogen (secondary N) is 1. The fourth-order valence-corrected chi connectivity index (χ4v) is 3.77. The number of halogens is 1. The quantitative estimate of drug-likeness (QED) is 0.703. The molecule has 0 aliphatic carbocycles. The molecule has 0 spiro atoms. The molecule has 4 rings (SSSR count). The summed E-state index contributed by atoms with van der Waals surface area (Å²) in [7, 11) is 0. The van der Waals surface area contributed by atoms with Crippen molar-refractivity contribution in [1.29, 1.82) is 0 Å². The summed E-state index contributed by atoms with van der Waals surface area (Å²) in [5.41, 5.74) is 1.75. The zero-order valence-electron chi connectivity index (χ0n) is 14.4. The van der Waals surface area contributed by atoms with Crippen molar-refractivity contribution < 1.29 is 14.6 Å². The van der Waals surface area contributed by atoms with E-state index in [1.165, 1.54) is 11.2 Å². The van der Waals surface area contributed by atoms with Gasteiger partial charge in [0, 0.05) is 5.69 Å². The number of hydrogen-bond acceptors (Lipinski definition) is 4. The van der Waals surface area contributed by atoms with Gasteiger partial charge in [0.25, 0.3) is 5.56 Å². The summed E-state index contributed by atoms with van der Waals surface area (Å²) in [5.74, 6) is 0. The Morgan fingerprint density at radius 1 is 1.33 bits per heavy atom. The van der Waals surface area contributed by atoms with Crippen molar-refractivity contribution in [3.05, 3.63) is 57.7 Å². The largest absolute Gasteiger partial charge is 0.465 e. The highest BCUT2D eigenvalue weighted by atomic mass is 35.5. The number of nitrogens with zero attached hydrogens (tertiary/aromatic N) is 3. The Hall–Kier alpha value is -2.84. The first-order valence-corrected chi connectivity index (χ1v) is 8.79. The van der Waals surface area contributed by atoms with Gasteiger partial charge in [0.2, 0.25) is 0 Å². The second-order valence-corrected chi connectivity index (χ2v) is 6.84. The van der Waals surface area contributed by atoms with Crippen molar-refractivity contribution in [3.8, 4) is 5.69 Å². The zero-order valence-corrected chi connectivity index (χ0v) is 15.2. The van der Waals surface area contributed by atoms with Gasteiger partial charge in [-0.15, -0.1) is 0 Å². The first-order chi connectivity index (χ1) is 13.0. The Morgan fingerprint density at radius 3 is 2.78 bits per heavy atom. The van der Waals surface area contributed by atoms with Crippen LogP contribution in [-0.2, 0) is 4.74 Å². The summed E-state index contributed by atoms with van der Waals surface area (Å²) in [6.45, 7) is 2.51. The predicted octanol–water partition coefficient (Wildman–Crippen LogP) is 2.81. The van der Waals surface area contributed by atoms with Gasteiger partial charge in [-0.3, -0.25) is 14.3 Å². The third kappa shape index (κ3) is 2.96. The van der Waals surface area contributed by atoms with Gasteiger partial charge in [-0.25, -0.2) is 9.78 Å². The van der Waals surface area contributed by atoms with E-state index >= 15 is 0 Å². The van der Waals surface area contributed by atoms with E-state index in [9.17, 15) is 14.7 Å². The van der Waals surface area contributed by atoms with Crippen LogP contribution in [0.4, 0.5) is 4.79 Å². The number of amides is 1. The Kier molecular flexibility index (Phi) is 4.37. The Bertz CT molecular complexity index is 1060. The van der Waals surface area contributed by atoms with E-state index in [0.29, 0.717) is 29.4 Å². The molecule has 3 heterocycles. The molecule has 1 amide bonds. The second kappa shape index (κ2) is 6.71. The van der Waals surface area contributed by atoms with E-state index in [0.717, 1.165) is 11.3 Å². The topological polar surface area (TPSA) is 100 Å².